The molecule has 0 saturated carbocycles. The predicted molar refractivity (Wildman–Crippen MR) is 73.9 cm³/mol. The number of rotatable bonds is 4. The smallest absolute Gasteiger partial charge is 0.164 e. The molecule has 1 aliphatic heterocycles. The van der Waals surface area contributed by atoms with E-state index in [9.17, 15) is 0 Å². The molecule has 0 radical (unpaired) electrons. The van der Waals surface area contributed by atoms with Gasteiger partial charge in [-0.1, -0.05) is 29.8 Å². The van der Waals surface area contributed by atoms with Gasteiger partial charge in [-0.3, -0.25) is 0 Å². The molecule has 100 valence electrons. The highest BCUT2D eigenvalue weighted by Gasteiger charge is 2.31. The first-order valence-electron chi connectivity index (χ1n) is 6.98. The summed E-state index contributed by atoms with van der Waals surface area (Å²) in [5.41, 5.74) is 5.40. The van der Waals surface area contributed by atoms with Crippen LogP contribution in [0.4, 0.5) is 0 Å². The fourth-order valence-corrected chi connectivity index (χ4v) is 3.23. The van der Waals surface area contributed by atoms with E-state index in [2.05, 4.69) is 24.8 Å². The summed E-state index contributed by atoms with van der Waals surface area (Å²) in [4.78, 5) is 3.37. The van der Waals surface area contributed by atoms with Crippen molar-refractivity contribution in [1.29, 1.82) is 0 Å². The molecule has 0 amide bonds. The van der Waals surface area contributed by atoms with Crippen LogP contribution in [0.3, 0.4) is 0 Å². The minimum atomic E-state index is 0.456. The van der Waals surface area contributed by atoms with Crippen molar-refractivity contribution in [2.75, 3.05) is 39.3 Å². The van der Waals surface area contributed by atoms with Gasteiger partial charge in [0.05, 0.1) is 6.54 Å². The van der Waals surface area contributed by atoms with Gasteiger partial charge in [-0.15, -0.1) is 0 Å². The molecule has 0 bridgehead atoms. The molecule has 18 heavy (non-hydrogen) atoms. The molecule has 1 aliphatic rings. The van der Waals surface area contributed by atoms with Crippen LogP contribution in [0, 0.1) is 0 Å². The average molecular weight is 271 g/mol. The van der Waals surface area contributed by atoms with Crippen LogP contribution in [0.1, 0.15) is 18.5 Å². The van der Waals surface area contributed by atoms with E-state index in [1.807, 2.05) is 12.1 Å². The van der Waals surface area contributed by atoms with Gasteiger partial charge in [0.2, 0.25) is 0 Å². The molecule has 0 aromatic heterocycles. The number of nitrogens with one attached hydrogen (secondary N) is 2. The lowest BCUT2D eigenvalue weighted by Crippen LogP contribution is -3.28. The van der Waals surface area contributed by atoms with Gasteiger partial charge in [0.25, 0.3) is 0 Å². The summed E-state index contributed by atoms with van der Waals surface area (Å²) in [5.74, 6) is 0. The Morgan fingerprint density at radius 1 is 1.22 bits per heavy atom. The Morgan fingerprint density at radius 2 is 1.89 bits per heavy atom. The summed E-state index contributed by atoms with van der Waals surface area (Å²) in [6.07, 6.45) is 0. The van der Waals surface area contributed by atoms with Crippen molar-refractivity contribution >= 4 is 11.6 Å². The van der Waals surface area contributed by atoms with Crippen molar-refractivity contribution in [3.63, 3.8) is 0 Å². The van der Waals surface area contributed by atoms with Crippen molar-refractivity contribution in [2.24, 2.45) is 0 Å². The molecule has 5 N–H and O–H groups in total. The third kappa shape index (κ3) is 3.04. The first kappa shape index (κ1) is 13.8. The lowest BCUT2D eigenvalue weighted by molar-refractivity contribution is -1.03. The molecule has 0 aliphatic carbocycles. The van der Waals surface area contributed by atoms with Crippen LogP contribution in [0.2, 0.25) is 5.02 Å². The van der Waals surface area contributed by atoms with Crippen LogP contribution in [-0.2, 0) is 0 Å². The Labute approximate surface area is 115 Å². The molecule has 1 atom stereocenters. The molecular weight excluding hydrogens is 246 g/mol. The maximum atomic E-state index is 6.33. The zero-order chi connectivity index (χ0) is 13.0. The maximum Gasteiger partial charge on any atom is 0.164 e. The Hall–Kier alpha value is -0.610. The Morgan fingerprint density at radius 3 is 2.44 bits per heavy atom. The molecule has 0 unspecified atom stereocenters. The minimum absolute atomic E-state index is 0.456. The number of hydrogen-bond donors (Lipinski definition) is 3. The van der Waals surface area contributed by atoms with E-state index < -0.39 is 0 Å². The van der Waals surface area contributed by atoms with Gasteiger partial charge in [-0.05, 0) is 13.0 Å². The molecule has 1 aromatic rings. The predicted octanol–water partition coefficient (Wildman–Crippen LogP) is -1.57. The summed E-state index contributed by atoms with van der Waals surface area (Å²) in [5, 5.41) is 0.893. The first-order valence-corrected chi connectivity index (χ1v) is 7.35. The molecule has 4 heteroatoms. The average Bonchev–Trinajstić information content (AvgIpc) is 2.42. The van der Waals surface area contributed by atoms with Crippen LogP contribution in [-0.4, -0.2) is 39.3 Å². The van der Waals surface area contributed by atoms with Crippen LogP contribution >= 0.6 is 11.6 Å². The van der Waals surface area contributed by atoms with Gasteiger partial charge in [0.1, 0.15) is 32.7 Å². The standard InChI is InChI=1S/C14H22ClN3/c1-2-17-7-9-18(10-8-17)14(11-16)12-5-3-4-6-13(12)15/h3-6,14H,2,7-11,16H2,1H3/p+3/t14-/m0/s1. The number of piperazine rings is 1. The van der Waals surface area contributed by atoms with E-state index in [4.69, 9.17) is 11.6 Å². The Bertz CT molecular complexity index is 375. The number of benzene rings is 1. The van der Waals surface area contributed by atoms with Gasteiger partial charge in [0, 0.05) is 10.6 Å². The van der Waals surface area contributed by atoms with Crippen LogP contribution < -0.4 is 15.5 Å². The zero-order valence-electron chi connectivity index (χ0n) is 11.2. The highest BCUT2D eigenvalue weighted by atomic mass is 35.5. The molecule has 1 aromatic carbocycles. The largest absolute Gasteiger partial charge is 0.352 e. The third-order valence-electron chi connectivity index (χ3n) is 4.16. The highest BCUT2D eigenvalue weighted by Crippen LogP contribution is 2.19. The SMILES string of the molecule is CC[NH+]1CC[NH+]([C@@H](C[NH3+])c2ccccc2Cl)CC1. The van der Waals surface area contributed by atoms with Crippen LogP contribution in [0.15, 0.2) is 24.3 Å². The van der Waals surface area contributed by atoms with Gasteiger partial charge in [-0.2, -0.15) is 0 Å². The summed E-state index contributed by atoms with van der Waals surface area (Å²) in [6.45, 7) is 9.44. The van der Waals surface area contributed by atoms with Crippen molar-refractivity contribution in [3.05, 3.63) is 34.9 Å². The fraction of sp³-hybridized carbons (Fsp3) is 0.571. The second kappa shape index (κ2) is 6.53. The minimum Gasteiger partial charge on any atom is -0.352 e. The van der Waals surface area contributed by atoms with Crippen LogP contribution in [0.25, 0.3) is 0 Å². The highest BCUT2D eigenvalue weighted by molar-refractivity contribution is 6.31. The zero-order valence-corrected chi connectivity index (χ0v) is 12.0. The molecule has 3 nitrogen and oxygen atoms in total. The van der Waals surface area contributed by atoms with E-state index in [1.165, 1.54) is 38.3 Å². The fourth-order valence-electron chi connectivity index (χ4n) is 2.96. The molecule has 1 saturated heterocycles. The van der Waals surface area contributed by atoms with Crippen molar-refractivity contribution in [1.82, 2.24) is 0 Å². The molecule has 1 fully saturated rings. The van der Waals surface area contributed by atoms with E-state index in [0.717, 1.165) is 11.6 Å². The van der Waals surface area contributed by atoms with Crippen molar-refractivity contribution in [2.45, 2.75) is 13.0 Å². The third-order valence-corrected chi connectivity index (χ3v) is 4.51. The van der Waals surface area contributed by atoms with E-state index in [-0.39, 0.29) is 0 Å². The molecule has 1 heterocycles. The molecule has 0 spiro atoms. The lowest BCUT2D eigenvalue weighted by atomic mass is 10.0. The topological polar surface area (TPSA) is 36.5 Å². The Balaban J connectivity index is 2.08. The second-order valence-electron chi connectivity index (χ2n) is 5.12. The summed E-state index contributed by atoms with van der Waals surface area (Å²) in [7, 11) is 0. The van der Waals surface area contributed by atoms with Gasteiger partial charge < -0.3 is 15.5 Å². The second-order valence-corrected chi connectivity index (χ2v) is 5.53. The summed E-state index contributed by atoms with van der Waals surface area (Å²) in [6, 6.07) is 8.69. The molecular formula is C14H25ClN3+3. The number of halogens is 1. The summed E-state index contributed by atoms with van der Waals surface area (Å²) >= 11 is 6.33. The number of hydrogen-bond acceptors (Lipinski definition) is 0. The number of quaternary nitrogens is 3. The first-order chi connectivity index (χ1) is 8.76. The normalized spacial score (nSPS) is 25.9. The van der Waals surface area contributed by atoms with E-state index >= 15 is 0 Å². The maximum absolute atomic E-state index is 6.33. The van der Waals surface area contributed by atoms with Crippen LogP contribution in [0.5, 0.6) is 0 Å². The Kier molecular flexibility index (Phi) is 5.01. The van der Waals surface area contributed by atoms with Gasteiger partial charge >= 0.3 is 0 Å². The monoisotopic (exact) mass is 270 g/mol. The summed E-state index contributed by atoms with van der Waals surface area (Å²) < 4.78 is 0. The van der Waals surface area contributed by atoms with E-state index in [0.29, 0.717) is 6.04 Å². The van der Waals surface area contributed by atoms with E-state index in [1.54, 1.807) is 9.80 Å². The van der Waals surface area contributed by atoms with Crippen molar-refractivity contribution in [3.8, 4) is 0 Å². The number of likely N-dealkylation sites (N-methyl/N-ethyl adjacent to an activating group) is 1. The van der Waals surface area contributed by atoms with Gasteiger partial charge in [0.15, 0.2) is 6.04 Å². The lowest BCUT2D eigenvalue weighted by Gasteiger charge is -2.33. The molecule has 2 rings (SSSR count). The van der Waals surface area contributed by atoms with Crippen molar-refractivity contribution < 1.29 is 15.5 Å². The van der Waals surface area contributed by atoms with Gasteiger partial charge in [-0.25, -0.2) is 0 Å². The quantitative estimate of drug-likeness (QED) is 0.591.